The summed E-state index contributed by atoms with van der Waals surface area (Å²) >= 11 is 1.44. The molecule has 0 saturated carbocycles. The number of aliphatic carboxylic acids is 1. The molecule has 80 valence electrons. The Bertz CT molecular complexity index is 381. The number of thioether (sulfide) groups is 1. The molecule has 1 atom stereocenters. The number of benzene rings is 1. The van der Waals surface area contributed by atoms with Gasteiger partial charge in [0.25, 0.3) is 0 Å². The second-order valence-electron chi connectivity index (χ2n) is 3.45. The van der Waals surface area contributed by atoms with E-state index in [1.54, 1.807) is 0 Å². The van der Waals surface area contributed by atoms with Gasteiger partial charge < -0.3 is 10.0 Å². The van der Waals surface area contributed by atoms with Gasteiger partial charge in [-0.05, 0) is 19.1 Å². The summed E-state index contributed by atoms with van der Waals surface area (Å²) in [4.78, 5) is 14.2. The maximum absolute atomic E-state index is 11.0. The van der Waals surface area contributed by atoms with Gasteiger partial charge in [-0.25, -0.2) is 0 Å². The highest BCUT2D eigenvalue weighted by molar-refractivity contribution is 8.00. The summed E-state index contributed by atoms with van der Waals surface area (Å²) in [6.45, 7) is 3.49. The van der Waals surface area contributed by atoms with Gasteiger partial charge in [0, 0.05) is 18.0 Å². The minimum Gasteiger partial charge on any atom is -0.480 e. The summed E-state index contributed by atoms with van der Waals surface area (Å²) in [7, 11) is 0. The van der Waals surface area contributed by atoms with Crippen LogP contribution >= 0.6 is 11.8 Å². The lowest BCUT2D eigenvalue weighted by Gasteiger charge is -2.33. The Hall–Kier alpha value is -1.16. The highest BCUT2D eigenvalue weighted by atomic mass is 32.2. The molecule has 0 radical (unpaired) electrons. The second kappa shape index (κ2) is 4.14. The van der Waals surface area contributed by atoms with Crippen LogP contribution in [0.15, 0.2) is 29.2 Å². The number of hydrogen-bond donors (Lipinski definition) is 1. The Kier molecular flexibility index (Phi) is 2.86. The average molecular weight is 223 g/mol. The molecular weight excluding hydrogens is 210 g/mol. The fraction of sp³-hybridized carbons (Fsp3) is 0.364. The molecule has 4 heteroatoms. The predicted molar refractivity (Wildman–Crippen MR) is 61.6 cm³/mol. The van der Waals surface area contributed by atoms with Gasteiger partial charge in [0.15, 0.2) is 0 Å². The minimum absolute atomic E-state index is 0.347. The van der Waals surface area contributed by atoms with Crippen molar-refractivity contribution >= 4 is 23.4 Å². The zero-order valence-corrected chi connectivity index (χ0v) is 9.33. The molecule has 0 aromatic heterocycles. The smallest absolute Gasteiger partial charge is 0.318 e. The number of carboxylic acids is 1. The Labute approximate surface area is 93.1 Å². The van der Waals surface area contributed by atoms with Crippen molar-refractivity contribution in [2.75, 3.05) is 18.0 Å². The third-order valence-corrected chi connectivity index (χ3v) is 3.75. The molecule has 1 aliphatic heterocycles. The maximum Gasteiger partial charge on any atom is 0.318 e. The monoisotopic (exact) mass is 223 g/mol. The first-order chi connectivity index (χ1) is 7.22. The van der Waals surface area contributed by atoms with Gasteiger partial charge in [0.1, 0.15) is 5.25 Å². The van der Waals surface area contributed by atoms with Crippen LogP contribution in [-0.2, 0) is 4.79 Å². The number of nitrogens with zero attached hydrogens (tertiary/aromatic N) is 1. The predicted octanol–water partition coefficient (Wildman–Crippen LogP) is 2.07. The second-order valence-corrected chi connectivity index (χ2v) is 4.70. The van der Waals surface area contributed by atoms with E-state index in [-0.39, 0.29) is 5.25 Å². The first kappa shape index (κ1) is 10.4. The van der Waals surface area contributed by atoms with E-state index in [9.17, 15) is 4.79 Å². The van der Waals surface area contributed by atoms with Crippen molar-refractivity contribution < 1.29 is 9.90 Å². The van der Waals surface area contributed by atoms with E-state index in [0.717, 1.165) is 17.1 Å². The van der Waals surface area contributed by atoms with Crippen molar-refractivity contribution in [3.8, 4) is 0 Å². The summed E-state index contributed by atoms with van der Waals surface area (Å²) in [6.07, 6.45) is 0. The summed E-state index contributed by atoms with van der Waals surface area (Å²) in [6, 6.07) is 7.97. The fourth-order valence-corrected chi connectivity index (χ4v) is 2.87. The standard InChI is InChI=1S/C11H13NO2S/c1-2-12-7-10(11(13)14)15-9-6-4-3-5-8(9)12/h3-6,10H,2,7H2,1H3,(H,13,14). The quantitative estimate of drug-likeness (QED) is 0.833. The molecule has 15 heavy (non-hydrogen) atoms. The molecule has 3 nitrogen and oxygen atoms in total. The molecule has 0 amide bonds. The van der Waals surface area contributed by atoms with Gasteiger partial charge in [-0.3, -0.25) is 4.79 Å². The largest absolute Gasteiger partial charge is 0.480 e. The lowest BCUT2D eigenvalue weighted by molar-refractivity contribution is -0.136. The van der Waals surface area contributed by atoms with Crippen LogP contribution in [0.2, 0.25) is 0 Å². The van der Waals surface area contributed by atoms with E-state index in [1.165, 1.54) is 11.8 Å². The van der Waals surface area contributed by atoms with E-state index < -0.39 is 5.97 Å². The molecule has 0 fully saturated rings. The number of carbonyl (C=O) groups is 1. The lowest BCUT2D eigenvalue weighted by Crippen LogP contribution is -2.38. The molecule has 1 unspecified atom stereocenters. The van der Waals surface area contributed by atoms with Gasteiger partial charge in [-0.1, -0.05) is 12.1 Å². The average Bonchev–Trinajstić information content (AvgIpc) is 2.27. The number of hydrogen-bond acceptors (Lipinski definition) is 3. The van der Waals surface area contributed by atoms with Crippen molar-refractivity contribution in [2.24, 2.45) is 0 Å². The zero-order chi connectivity index (χ0) is 10.8. The Morgan fingerprint density at radius 2 is 2.33 bits per heavy atom. The topological polar surface area (TPSA) is 40.5 Å². The van der Waals surface area contributed by atoms with Crippen LogP contribution in [0, 0.1) is 0 Å². The molecular formula is C11H13NO2S. The van der Waals surface area contributed by atoms with Crippen LogP contribution < -0.4 is 4.90 Å². The molecule has 1 N–H and O–H groups in total. The molecule has 0 saturated heterocycles. The van der Waals surface area contributed by atoms with Crippen molar-refractivity contribution in [2.45, 2.75) is 17.1 Å². The Morgan fingerprint density at radius 3 is 3.00 bits per heavy atom. The zero-order valence-electron chi connectivity index (χ0n) is 8.51. The molecule has 1 aromatic carbocycles. The van der Waals surface area contributed by atoms with Gasteiger partial charge in [0.2, 0.25) is 0 Å². The van der Waals surface area contributed by atoms with Crippen LogP contribution in [-0.4, -0.2) is 29.4 Å². The number of anilines is 1. The number of rotatable bonds is 2. The molecule has 0 aliphatic carbocycles. The Morgan fingerprint density at radius 1 is 1.60 bits per heavy atom. The molecule has 2 rings (SSSR count). The molecule has 0 spiro atoms. The van der Waals surface area contributed by atoms with E-state index in [4.69, 9.17) is 5.11 Å². The van der Waals surface area contributed by atoms with Crippen LogP contribution in [0.3, 0.4) is 0 Å². The summed E-state index contributed by atoms with van der Waals surface area (Å²) in [5.74, 6) is -0.729. The first-order valence-corrected chi connectivity index (χ1v) is 5.83. The molecule has 0 bridgehead atoms. The molecule has 1 aliphatic rings. The highest BCUT2D eigenvalue weighted by Gasteiger charge is 2.28. The SMILES string of the molecule is CCN1CC(C(=O)O)Sc2ccccc21. The van der Waals surface area contributed by atoms with Crippen LogP contribution in [0.4, 0.5) is 5.69 Å². The minimum atomic E-state index is -0.729. The van der Waals surface area contributed by atoms with Crippen molar-refractivity contribution in [1.29, 1.82) is 0 Å². The van der Waals surface area contributed by atoms with Crippen LogP contribution in [0.25, 0.3) is 0 Å². The van der Waals surface area contributed by atoms with Gasteiger partial charge in [0.05, 0.1) is 5.69 Å². The Balaban J connectivity index is 2.34. The number of carboxylic acid groups (broad SMARTS) is 1. The van der Waals surface area contributed by atoms with E-state index in [0.29, 0.717) is 6.54 Å². The number of para-hydroxylation sites is 1. The van der Waals surface area contributed by atoms with Gasteiger partial charge >= 0.3 is 5.97 Å². The molecule has 1 heterocycles. The third kappa shape index (κ3) is 1.95. The third-order valence-electron chi connectivity index (χ3n) is 2.52. The summed E-state index contributed by atoms with van der Waals surface area (Å²) in [5, 5.41) is 8.68. The maximum atomic E-state index is 11.0. The summed E-state index contributed by atoms with van der Waals surface area (Å²) < 4.78 is 0. The summed E-state index contributed by atoms with van der Waals surface area (Å²) in [5.41, 5.74) is 1.16. The molecule has 1 aromatic rings. The van der Waals surface area contributed by atoms with Crippen LogP contribution in [0.1, 0.15) is 6.92 Å². The van der Waals surface area contributed by atoms with Crippen molar-refractivity contribution in [3.05, 3.63) is 24.3 Å². The van der Waals surface area contributed by atoms with Crippen LogP contribution in [0.5, 0.6) is 0 Å². The highest BCUT2D eigenvalue weighted by Crippen LogP contribution is 2.38. The fourth-order valence-electron chi connectivity index (χ4n) is 1.74. The van der Waals surface area contributed by atoms with E-state index in [2.05, 4.69) is 4.90 Å². The number of fused-ring (bicyclic) bond motifs is 1. The lowest BCUT2D eigenvalue weighted by atomic mass is 10.2. The van der Waals surface area contributed by atoms with E-state index >= 15 is 0 Å². The first-order valence-electron chi connectivity index (χ1n) is 4.96. The normalized spacial score (nSPS) is 19.8. The van der Waals surface area contributed by atoms with E-state index in [1.807, 2.05) is 31.2 Å². The van der Waals surface area contributed by atoms with Crippen molar-refractivity contribution in [1.82, 2.24) is 0 Å². The van der Waals surface area contributed by atoms with Gasteiger partial charge in [-0.2, -0.15) is 0 Å². The van der Waals surface area contributed by atoms with Crippen molar-refractivity contribution in [3.63, 3.8) is 0 Å². The van der Waals surface area contributed by atoms with Gasteiger partial charge in [-0.15, -0.1) is 11.8 Å².